The molecule has 1 saturated carbocycles. The van der Waals surface area contributed by atoms with Crippen LogP contribution < -0.4 is 5.32 Å². The predicted octanol–water partition coefficient (Wildman–Crippen LogP) is 13.9. The number of carbonyl (C=O) groups excluding carboxylic acids is 1. The van der Waals surface area contributed by atoms with E-state index in [-0.39, 0.29) is 12.3 Å². The number of hydrogen-bond acceptors (Lipinski definition) is 10. The topological polar surface area (TPSA) is 206 Å². The molecule has 0 aliphatic heterocycles. The van der Waals surface area contributed by atoms with E-state index in [9.17, 15) is 44.9 Å². The summed E-state index contributed by atoms with van der Waals surface area (Å²) in [6.45, 7) is 3.89. The zero-order chi connectivity index (χ0) is 52.1. The molecule has 0 heterocycles. The Morgan fingerprint density at radius 3 is 1.07 bits per heavy atom. The molecule has 6 unspecified atom stereocenters. The summed E-state index contributed by atoms with van der Waals surface area (Å²) >= 11 is 0. The fourth-order valence-corrected chi connectivity index (χ4v) is 10.9. The number of rotatable bonds is 52. The number of amides is 1. The zero-order valence-electron chi connectivity index (χ0n) is 45.8. The lowest BCUT2D eigenvalue weighted by atomic mass is 9.85. The van der Waals surface area contributed by atoms with Crippen molar-refractivity contribution in [1.82, 2.24) is 5.32 Å². The average Bonchev–Trinajstić information content (AvgIpc) is 3.35. The Hall–Kier alpha value is -0.920. The number of phosphoric ester groups is 1. The highest BCUT2D eigenvalue weighted by Gasteiger charge is 2.51. The SMILES string of the molecule is CCCCCCCCCCCCCCCC/C=C/[C@@H](O)[C@H](COP(=O)(O)OC1C(O)C(O)C(O)[C@@H](O)C1O)NC(=O)CCCCCCCCCCCCCCCCCCCCCCCCCCCCCC. The molecule has 71 heavy (non-hydrogen) atoms. The normalized spacial score (nSPS) is 21.2. The molecule has 1 amide bonds. The Kier molecular flexibility index (Phi) is 45.6. The van der Waals surface area contributed by atoms with Crippen molar-refractivity contribution in [3.63, 3.8) is 0 Å². The van der Waals surface area contributed by atoms with Crippen molar-refractivity contribution >= 4 is 13.7 Å². The minimum Gasteiger partial charge on any atom is -0.387 e. The number of hydrogen-bond donors (Lipinski definition) is 8. The van der Waals surface area contributed by atoms with Crippen LogP contribution in [0.3, 0.4) is 0 Å². The lowest BCUT2D eigenvalue weighted by molar-refractivity contribution is -0.220. The molecule has 12 nitrogen and oxygen atoms in total. The summed E-state index contributed by atoms with van der Waals surface area (Å²) in [5.74, 6) is -0.333. The van der Waals surface area contributed by atoms with Gasteiger partial charge in [0, 0.05) is 6.42 Å². The van der Waals surface area contributed by atoms with Gasteiger partial charge in [0.1, 0.15) is 36.6 Å². The summed E-state index contributed by atoms with van der Waals surface area (Å²) in [4.78, 5) is 23.5. The van der Waals surface area contributed by atoms with Gasteiger partial charge in [-0.15, -0.1) is 0 Å². The lowest BCUT2D eigenvalue weighted by Crippen LogP contribution is -2.64. The van der Waals surface area contributed by atoms with Crippen LogP contribution in [0.5, 0.6) is 0 Å². The van der Waals surface area contributed by atoms with Crippen LogP contribution >= 0.6 is 7.82 Å². The van der Waals surface area contributed by atoms with E-state index in [0.717, 1.165) is 44.9 Å². The summed E-state index contributed by atoms with van der Waals surface area (Å²) in [6, 6.07) is -1.11. The van der Waals surface area contributed by atoms with Crippen molar-refractivity contribution in [2.45, 2.75) is 345 Å². The van der Waals surface area contributed by atoms with Crippen LogP contribution in [0.25, 0.3) is 0 Å². The molecule has 13 heteroatoms. The first-order valence-corrected chi connectivity index (χ1v) is 31.6. The number of unbranched alkanes of at least 4 members (excludes halogenated alkanes) is 41. The fourth-order valence-electron chi connectivity index (χ4n) is 9.97. The van der Waals surface area contributed by atoms with Crippen molar-refractivity contribution in [2.24, 2.45) is 0 Å². The van der Waals surface area contributed by atoms with E-state index < -0.39 is 63.2 Å². The number of phosphoric acid groups is 1. The molecule has 0 spiro atoms. The fraction of sp³-hybridized carbons (Fsp3) is 0.948. The second-order valence-corrected chi connectivity index (χ2v) is 23.0. The molecule has 8 N–H and O–H groups in total. The summed E-state index contributed by atoms with van der Waals surface area (Å²) in [7, 11) is -5.08. The second kappa shape index (κ2) is 47.5. The standard InChI is InChI=1S/C58H114NO11P/c1-3-5-7-9-11-13-15-17-19-21-22-23-24-25-26-27-28-29-30-31-32-34-36-38-40-42-44-46-48-52(61)59-50(49-69-71(67,68)70-58-56(65)54(63)53(62)55(64)57(58)66)51(60)47-45-43-41-39-37-35-33-20-18-16-14-12-10-8-6-4-2/h45,47,50-51,53-58,60,62-66H,3-44,46,48-49H2,1-2H3,(H,59,61)(H,67,68)/b47-45+/t50-,51+,53?,54+,55?,56?,57?,58?/m0/s1. The zero-order valence-corrected chi connectivity index (χ0v) is 46.7. The first-order valence-electron chi connectivity index (χ1n) is 30.1. The van der Waals surface area contributed by atoms with Gasteiger partial charge in [-0.1, -0.05) is 283 Å². The van der Waals surface area contributed by atoms with Gasteiger partial charge in [-0.3, -0.25) is 13.8 Å². The summed E-state index contributed by atoms with van der Waals surface area (Å²) < 4.78 is 23.1. The molecule has 0 radical (unpaired) electrons. The number of aliphatic hydroxyl groups is 6. The maximum absolute atomic E-state index is 13.0. The highest BCUT2D eigenvalue weighted by atomic mass is 31.2. The van der Waals surface area contributed by atoms with Crippen LogP contribution in [-0.2, 0) is 18.4 Å². The van der Waals surface area contributed by atoms with Crippen molar-refractivity contribution < 1.29 is 53.9 Å². The minimum absolute atomic E-state index is 0.220. The van der Waals surface area contributed by atoms with Crippen LogP contribution in [0.2, 0.25) is 0 Å². The molecular formula is C58H114NO11P. The van der Waals surface area contributed by atoms with E-state index in [0.29, 0.717) is 6.42 Å². The van der Waals surface area contributed by atoms with Crippen molar-refractivity contribution in [3.8, 4) is 0 Å². The third-order valence-corrected chi connectivity index (χ3v) is 15.8. The van der Waals surface area contributed by atoms with Gasteiger partial charge >= 0.3 is 7.82 Å². The smallest absolute Gasteiger partial charge is 0.387 e. The molecule has 0 bridgehead atoms. The monoisotopic (exact) mass is 1030 g/mol. The molecule has 422 valence electrons. The third-order valence-electron chi connectivity index (χ3n) is 14.8. The van der Waals surface area contributed by atoms with E-state index in [1.165, 1.54) is 225 Å². The molecule has 0 aromatic heterocycles. The van der Waals surface area contributed by atoms with Gasteiger partial charge in [-0.2, -0.15) is 0 Å². The second-order valence-electron chi connectivity index (χ2n) is 21.6. The average molecular weight is 1030 g/mol. The molecule has 0 aromatic rings. The summed E-state index contributed by atoms with van der Waals surface area (Å²) in [6.07, 6.45) is 45.8. The molecule has 1 aliphatic rings. The quantitative estimate of drug-likeness (QED) is 0.0163. The predicted molar refractivity (Wildman–Crippen MR) is 292 cm³/mol. The maximum Gasteiger partial charge on any atom is 0.472 e. The molecule has 1 rings (SSSR count). The molecule has 1 aliphatic carbocycles. The van der Waals surface area contributed by atoms with Gasteiger partial charge < -0.3 is 40.8 Å². The highest BCUT2D eigenvalue weighted by Crippen LogP contribution is 2.47. The van der Waals surface area contributed by atoms with Gasteiger partial charge in [-0.25, -0.2) is 4.57 Å². The van der Waals surface area contributed by atoms with E-state index in [2.05, 4.69) is 19.2 Å². The van der Waals surface area contributed by atoms with Crippen molar-refractivity contribution in [1.29, 1.82) is 0 Å². The Bertz CT molecular complexity index is 1250. The molecular weight excluding hydrogens is 918 g/mol. The van der Waals surface area contributed by atoms with Crippen LogP contribution in [-0.4, -0.2) is 96.8 Å². The van der Waals surface area contributed by atoms with Gasteiger partial charge in [0.25, 0.3) is 0 Å². The Balaban J connectivity index is 2.27. The Morgan fingerprint density at radius 2 is 0.746 bits per heavy atom. The van der Waals surface area contributed by atoms with Crippen molar-refractivity contribution in [2.75, 3.05) is 6.61 Å². The minimum atomic E-state index is -5.08. The van der Waals surface area contributed by atoms with Gasteiger partial charge in [-0.05, 0) is 19.3 Å². The third kappa shape index (κ3) is 38.3. The van der Waals surface area contributed by atoms with Gasteiger partial charge in [0.15, 0.2) is 0 Å². The largest absolute Gasteiger partial charge is 0.472 e. The van der Waals surface area contributed by atoms with E-state index >= 15 is 0 Å². The van der Waals surface area contributed by atoms with Crippen LogP contribution in [0.4, 0.5) is 0 Å². The molecule has 0 saturated heterocycles. The Labute approximate surface area is 435 Å². The number of nitrogens with one attached hydrogen (secondary N) is 1. The summed E-state index contributed by atoms with van der Waals surface area (Å²) in [5, 5.41) is 64.3. The van der Waals surface area contributed by atoms with Crippen molar-refractivity contribution in [3.05, 3.63) is 12.2 Å². The van der Waals surface area contributed by atoms with Crippen LogP contribution in [0.1, 0.15) is 296 Å². The Morgan fingerprint density at radius 1 is 0.465 bits per heavy atom. The maximum atomic E-state index is 13.0. The number of allylic oxidation sites excluding steroid dienone is 1. The van der Waals surface area contributed by atoms with Crippen LogP contribution in [0.15, 0.2) is 12.2 Å². The summed E-state index contributed by atoms with van der Waals surface area (Å²) in [5.41, 5.74) is 0. The number of aliphatic hydroxyl groups excluding tert-OH is 6. The van der Waals surface area contributed by atoms with Gasteiger partial charge in [0.2, 0.25) is 5.91 Å². The highest BCUT2D eigenvalue weighted by molar-refractivity contribution is 7.47. The molecule has 0 aromatic carbocycles. The first-order chi connectivity index (χ1) is 34.4. The van der Waals surface area contributed by atoms with Crippen LogP contribution in [0, 0.1) is 0 Å². The first kappa shape index (κ1) is 68.1. The van der Waals surface area contributed by atoms with E-state index in [1.54, 1.807) is 6.08 Å². The van der Waals surface area contributed by atoms with E-state index in [1.807, 2.05) is 6.08 Å². The molecule has 9 atom stereocenters. The number of carbonyl (C=O) groups is 1. The molecule has 1 fully saturated rings. The van der Waals surface area contributed by atoms with Gasteiger partial charge in [0.05, 0.1) is 18.8 Å². The van der Waals surface area contributed by atoms with E-state index in [4.69, 9.17) is 9.05 Å². The lowest BCUT2D eigenvalue weighted by Gasteiger charge is -2.41.